The van der Waals surface area contributed by atoms with Crippen LogP contribution in [-0.4, -0.2) is 25.2 Å². The van der Waals surface area contributed by atoms with Crippen LogP contribution in [0.25, 0.3) is 0 Å². The molecule has 1 atom stereocenters. The summed E-state index contributed by atoms with van der Waals surface area (Å²) in [7, 11) is -3.84. The van der Waals surface area contributed by atoms with E-state index in [-0.39, 0.29) is 45.1 Å². The molecular weight excluding hydrogens is 527 g/mol. The second kappa shape index (κ2) is 12.0. The van der Waals surface area contributed by atoms with Gasteiger partial charge < -0.3 is 5.73 Å². The fraction of sp³-hybridized carbons (Fsp3) is 0.345. The van der Waals surface area contributed by atoms with Gasteiger partial charge in [-0.05, 0) is 73.8 Å². The van der Waals surface area contributed by atoms with Gasteiger partial charge in [-0.15, -0.1) is 0 Å². The molecule has 8 heteroatoms. The average Bonchev–Trinajstić information content (AvgIpc) is 2.86. The summed E-state index contributed by atoms with van der Waals surface area (Å²) >= 11 is 12.3. The van der Waals surface area contributed by atoms with E-state index in [2.05, 4.69) is 0 Å². The fourth-order valence-electron chi connectivity index (χ4n) is 5.30. The number of carbonyl (C=O) groups is 1. The molecule has 4 rings (SSSR count). The lowest BCUT2D eigenvalue weighted by atomic mass is 9.73. The summed E-state index contributed by atoms with van der Waals surface area (Å²) < 4.78 is 29.0. The molecular formula is C29H32Cl2N2O3S. The van der Waals surface area contributed by atoms with Crippen LogP contribution in [0, 0.1) is 18.8 Å². The summed E-state index contributed by atoms with van der Waals surface area (Å²) in [5.74, 6) is -0.337. The van der Waals surface area contributed by atoms with Gasteiger partial charge in [-0.2, -0.15) is 4.31 Å². The molecule has 1 unspecified atom stereocenters. The Bertz CT molecular complexity index is 1300. The zero-order valence-electron chi connectivity index (χ0n) is 20.8. The van der Waals surface area contributed by atoms with Crippen molar-refractivity contribution in [3.63, 3.8) is 0 Å². The lowest BCUT2D eigenvalue weighted by molar-refractivity contribution is -0.121. The number of hydrogen-bond donors (Lipinski definition) is 1. The lowest BCUT2D eigenvalue weighted by Gasteiger charge is -2.35. The van der Waals surface area contributed by atoms with Crippen LogP contribution in [0.3, 0.4) is 0 Å². The van der Waals surface area contributed by atoms with Gasteiger partial charge in [0.25, 0.3) is 0 Å². The maximum absolute atomic E-state index is 13.7. The molecule has 37 heavy (non-hydrogen) atoms. The number of amides is 1. The number of primary amides is 1. The number of nitrogens with zero attached hydrogens (tertiary/aromatic N) is 1. The van der Waals surface area contributed by atoms with E-state index in [0.29, 0.717) is 6.54 Å². The third-order valence-corrected chi connectivity index (χ3v) is 9.47. The number of nitrogens with two attached hydrogens (primary N) is 1. The van der Waals surface area contributed by atoms with E-state index >= 15 is 0 Å². The predicted molar refractivity (Wildman–Crippen MR) is 149 cm³/mol. The molecule has 196 valence electrons. The van der Waals surface area contributed by atoms with Crippen molar-refractivity contribution in [1.82, 2.24) is 4.31 Å². The third kappa shape index (κ3) is 6.94. The quantitative estimate of drug-likeness (QED) is 0.322. The smallest absolute Gasteiger partial charge is 0.243 e. The first kappa shape index (κ1) is 27.6. The van der Waals surface area contributed by atoms with Crippen LogP contribution in [0.4, 0.5) is 0 Å². The Morgan fingerprint density at radius 1 is 0.946 bits per heavy atom. The van der Waals surface area contributed by atoms with E-state index in [4.69, 9.17) is 28.9 Å². The molecule has 5 nitrogen and oxygen atoms in total. The Morgan fingerprint density at radius 2 is 1.54 bits per heavy atom. The molecule has 0 spiro atoms. The first-order valence-electron chi connectivity index (χ1n) is 12.5. The minimum absolute atomic E-state index is 0.0859. The van der Waals surface area contributed by atoms with Crippen LogP contribution in [0.1, 0.15) is 48.3 Å². The van der Waals surface area contributed by atoms with Gasteiger partial charge in [0.15, 0.2) is 0 Å². The van der Waals surface area contributed by atoms with E-state index in [9.17, 15) is 13.2 Å². The number of hydrogen-bond acceptors (Lipinski definition) is 3. The van der Waals surface area contributed by atoms with Gasteiger partial charge in [0.1, 0.15) is 0 Å². The Morgan fingerprint density at radius 3 is 2.11 bits per heavy atom. The maximum atomic E-state index is 13.7. The van der Waals surface area contributed by atoms with Crippen LogP contribution in [0.2, 0.25) is 10.0 Å². The Kier molecular flexibility index (Phi) is 8.96. The highest BCUT2D eigenvalue weighted by atomic mass is 35.5. The Labute approximate surface area is 229 Å². The van der Waals surface area contributed by atoms with Crippen molar-refractivity contribution in [3.05, 3.63) is 99.5 Å². The molecule has 0 saturated heterocycles. The van der Waals surface area contributed by atoms with Gasteiger partial charge in [0.2, 0.25) is 15.9 Å². The molecule has 3 aromatic rings. The fourth-order valence-corrected chi connectivity index (χ4v) is 7.53. The van der Waals surface area contributed by atoms with E-state index in [0.717, 1.165) is 42.4 Å². The van der Waals surface area contributed by atoms with E-state index in [1.54, 1.807) is 0 Å². The van der Waals surface area contributed by atoms with Crippen molar-refractivity contribution in [3.8, 4) is 0 Å². The normalized spacial score (nSPS) is 19.0. The first-order chi connectivity index (χ1) is 17.6. The van der Waals surface area contributed by atoms with Crippen LogP contribution < -0.4 is 5.73 Å². The predicted octanol–water partition coefficient (Wildman–Crippen LogP) is 6.57. The molecule has 2 N–H and O–H groups in total. The molecule has 1 aliphatic rings. The molecule has 1 saturated carbocycles. The average molecular weight is 560 g/mol. The molecule has 0 bridgehead atoms. The highest BCUT2D eigenvalue weighted by Gasteiger charge is 2.34. The van der Waals surface area contributed by atoms with Crippen molar-refractivity contribution in [2.75, 3.05) is 6.54 Å². The summed E-state index contributed by atoms with van der Waals surface area (Å²) in [5.41, 5.74) is 8.83. The summed E-state index contributed by atoms with van der Waals surface area (Å²) in [5, 5.41) is 0.555. The molecule has 3 aromatic carbocycles. The number of sulfonamides is 1. The molecule has 0 aromatic heterocycles. The molecule has 0 heterocycles. The van der Waals surface area contributed by atoms with E-state index in [1.165, 1.54) is 22.5 Å². The van der Waals surface area contributed by atoms with Gasteiger partial charge in [0, 0.05) is 23.1 Å². The molecule has 0 radical (unpaired) electrons. The van der Waals surface area contributed by atoms with E-state index in [1.807, 2.05) is 61.5 Å². The van der Waals surface area contributed by atoms with Crippen molar-refractivity contribution < 1.29 is 13.2 Å². The zero-order chi connectivity index (χ0) is 26.6. The highest BCUT2D eigenvalue weighted by molar-refractivity contribution is 7.89. The van der Waals surface area contributed by atoms with Crippen LogP contribution in [-0.2, 0) is 21.4 Å². The summed E-state index contributed by atoms with van der Waals surface area (Å²) in [6.45, 7) is 2.64. The monoisotopic (exact) mass is 558 g/mol. The summed E-state index contributed by atoms with van der Waals surface area (Å²) in [4.78, 5) is 12.5. The minimum atomic E-state index is -3.84. The Hall–Kier alpha value is -2.38. The lowest BCUT2D eigenvalue weighted by Crippen LogP contribution is -2.37. The number of carbonyl (C=O) groups excluding carboxylic acids is 1. The van der Waals surface area contributed by atoms with E-state index < -0.39 is 10.0 Å². The highest BCUT2D eigenvalue weighted by Crippen LogP contribution is 2.39. The zero-order valence-corrected chi connectivity index (χ0v) is 23.1. The number of benzene rings is 3. The SMILES string of the molecule is Cc1ccc(C(C(N)=O)C2CCC(CN(Cc3ccccc3)S(=O)(=O)c3cc(Cl)cc(Cl)c3)CC2)cc1. The molecule has 1 fully saturated rings. The van der Waals surface area contributed by atoms with Gasteiger partial charge in [-0.3, -0.25) is 4.79 Å². The van der Waals surface area contributed by atoms with Gasteiger partial charge >= 0.3 is 0 Å². The number of rotatable bonds is 9. The molecule has 1 aliphatic carbocycles. The minimum Gasteiger partial charge on any atom is -0.369 e. The maximum Gasteiger partial charge on any atom is 0.243 e. The van der Waals surface area contributed by atoms with Crippen molar-refractivity contribution >= 4 is 39.1 Å². The molecule has 1 amide bonds. The van der Waals surface area contributed by atoms with Crippen molar-refractivity contribution in [1.29, 1.82) is 0 Å². The van der Waals surface area contributed by atoms with Gasteiger partial charge in [-0.25, -0.2) is 8.42 Å². The Balaban J connectivity index is 1.52. The topological polar surface area (TPSA) is 80.5 Å². The number of halogens is 2. The number of aryl methyl sites for hydroxylation is 1. The first-order valence-corrected chi connectivity index (χ1v) is 14.7. The largest absolute Gasteiger partial charge is 0.369 e. The van der Waals surface area contributed by atoms with Crippen molar-refractivity contribution in [2.24, 2.45) is 17.6 Å². The summed E-state index contributed by atoms with van der Waals surface area (Å²) in [6, 6.07) is 21.9. The molecule has 0 aliphatic heterocycles. The summed E-state index contributed by atoms with van der Waals surface area (Å²) in [6.07, 6.45) is 3.26. The van der Waals surface area contributed by atoms with Crippen LogP contribution >= 0.6 is 23.2 Å². The standard InChI is InChI=1S/C29H32Cl2N2O3S/c1-20-7-11-23(12-8-20)28(29(32)34)24-13-9-22(10-14-24)19-33(18-21-5-3-2-4-6-21)37(35,36)27-16-25(30)15-26(31)17-27/h2-8,11-12,15-17,22,24,28H,9-10,13-14,18-19H2,1H3,(H2,32,34). The van der Waals surface area contributed by atoms with Crippen molar-refractivity contribution in [2.45, 2.75) is 50.0 Å². The van der Waals surface area contributed by atoms with Crippen LogP contribution in [0.15, 0.2) is 77.7 Å². The van der Waals surface area contributed by atoms with Crippen LogP contribution in [0.5, 0.6) is 0 Å². The van der Waals surface area contributed by atoms with Gasteiger partial charge in [0.05, 0.1) is 10.8 Å². The second-order valence-electron chi connectivity index (χ2n) is 9.96. The second-order valence-corrected chi connectivity index (χ2v) is 12.8. The van der Waals surface area contributed by atoms with Gasteiger partial charge in [-0.1, -0.05) is 83.4 Å². The third-order valence-electron chi connectivity index (χ3n) is 7.24.